The van der Waals surface area contributed by atoms with Gasteiger partial charge >= 0.3 is 0 Å². The number of ether oxygens (including phenoxy) is 1. The summed E-state index contributed by atoms with van der Waals surface area (Å²) in [5.41, 5.74) is 5.36. The van der Waals surface area contributed by atoms with E-state index in [1.807, 2.05) is 6.07 Å². The van der Waals surface area contributed by atoms with Crippen LogP contribution in [-0.4, -0.2) is 35.5 Å². The number of nitrogens with one attached hydrogen (secondary N) is 1. The summed E-state index contributed by atoms with van der Waals surface area (Å²) < 4.78 is 5.21. The van der Waals surface area contributed by atoms with Gasteiger partial charge in [-0.05, 0) is 12.1 Å². The molecule has 0 spiro atoms. The lowest BCUT2D eigenvalue weighted by atomic mass is 9.94. The van der Waals surface area contributed by atoms with E-state index in [0.29, 0.717) is 44.1 Å². The third kappa shape index (κ3) is 2.88. The first-order valence-electron chi connectivity index (χ1n) is 5.84. The first-order chi connectivity index (χ1) is 8.63. The van der Waals surface area contributed by atoms with Crippen LogP contribution in [0.15, 0.2) is 12.1 Å². The molecule has 0 aromatic carbocycles. The Morgan fingerprint density at radius 2 is 2.22 bits per heavy atom. The van der Waals surface area contributed by atoms with Crippen LogP contribution >= 0.6 is 0 Å². The number of pyridine rings is 1. The SMILES string of the molecule is N#Cc1nc(NCC2(O)CCOCC2)ccc1N. The van der Waals surface area contributed by atoms with Gasteiger partial charge in [-0.25, -0.2) is 4.98 Å². The Morgan fingerprint density at radius 1 is 1.50 bits per heavy atom. The topological polar surface area (TPSA) is 104 Å². The molecule has 1 aromatic heterocycles. The number of hydrogen-bond donors (Lipinski definition) is 3. The molecule has 1 saturated heterocycles. The second kappa shape index (κ2) is 5.21. The lowest BCUT2D eigenvalue weighted by Gasteiger charge is -2.32. The average molecular weight is 248 g/mol. The fourth-order valence-electron chi connectivity index (χ4n) is 1.84. The van der Waals surface area contributed by atoms with Crippen molar-refractivity contribution < 1.29 is 9.84 Å². The van der Waals surface area contributed by atoms with Gasteiger partial charge in [-0.15, -0.1) is 0 Å². The van der Waals surface area contributed by atoms with Crippen molar-refractivity contribution in [1.82, 2.24) is 4.98 Å². The summed E-state index contributed by atoms with van der Waals surface area (Å²) in [6, 6.07) is 5.24. The summed E-state index contributed by atoms with van der Waals surface area (Å²) in [5.74, 6) is 0.542. The average Bonchev–Trinajstić information content (AvgIpc) is 2.39. The number of nitriles is 1. The molecule has 0 atom stereocenters. The Kier molecular flexibility index (Phi) is 3.65. The van der Waals surface area contributed by atoms with E-state index in [0.717, 1.165) is 0 Å². The molecule has 18 heavy (non-hydrogen) atoms. The Morgan fingerprint density at radius 3 is 2.89 bits per heavy atom. The molecule has 0 saturated carbocycles. The lowest BCUT2D eigenvalue weighted by Crippen LogP contribution is -2.42. The van der Waals surface area contributed by atoms with Crippen LogP contribution < -0.4 is 11.1 Å². The molecule has 1 fully saturated rings. The maximum Gasteiger partial charge on any atom is 0.165 e. The molecule has 2 heterocycles. The van der Waals surface area contributed by atoms with Gasteiger partial charge in [-0.3, -0.25) is 0 Å². The number of rotatable bonds is 3. The molecule has 1 aromatic rings. The number of aliphatic hydroxyl groups is 1. The van der Waals surface area contributed by atoms with Crippen molar-refractivity contribution in [2.75, 3.05) is 30.8 Å². The van der Waals surface area contributed by atoms with Crippen LogP contribution in [0.2, 0.25) is 0 Å². The molecule has 1 aliphatic rings. The van der Waals surface area contributed by atoms with Crippen LogP contribution in [0, 0.1) is 11.3 Å². The minimum atomic E-state index is -0.770. The predicted octanol–water partition coefficient (Wildman–Crippen LogP) is 0.489. The zero-order valence-electron chi connectivity index (χ0n) is 10.0. The number of hydrogen-bond acceptors (Lipinski definition) is 6. The Bertz CT molecular complexity index is 464. The highest BCUT2D eigenvalue weighted by molar-refractivity contribution is 5.54. The molecule has 6 heteroatoms. The van der Waals surface area contributed by atoms with E-state index in [4.69, 9.17) is 15.7 Å². The molecular weight excluding hydrogens is 232 g/mol. The molecule has 0 unspecified atom stereocenters. The second-order valence-corrected chi connectivity index (χ2v) is 4.44. The zero-order valence-corrected chi connectivity index (χ0v) is 10.0. The molecule has 0 bridgehead atoms. The molecule has 96 valence electrons. The molecule has 0 radical (unpaired) electrons. The fraction of sp³-hybridized carbons (Fsp3) is 0.500. The van der Waals surface area contributed by atoms with E-state index in [-0.39, 0.29) is 5.69 Å². The molecule has 1 aliphatic heterocycles. The minimum absolute atomic E-state index is 0.193. The number of nitrogen functional groups attached to an aromatic ring is 1. The molecule has 4 N–H and O–H groups in total. The quantitative estimate of drug-likeness (QED) is 0.719. The Balaban J connectivity index is 2.00. The summed E-state index contributed by atoms with van der Waals surface area (Å²) >= 11 is 0. The van der Waals surface area contributed by atoms with E-state index in [1.165, 1.54) is 0 Å². The fourth-order valence-corrected chi connectivity index (χ4v) is 1.84. The number of aromatic nitrogens is 1. The summed E-state index contributed by atoms with van der Waals surface area (Å²) in [5, 5.41) is 22.1. The highest BCUT2D eigenvalue weighted by atomic mass is 16.5. The van der Waals surface area contributed by atoms with E-state index >= 15 is 0 Å². The first kappa shape index (κ1) is 12.6. The normalized spacial score (nSPS) is 18.0. The molecule has 0 aliphatic carbocycles. The predicted molar refractivity (Wildman–Crippen MR) is 66.9 cm³/mol. The van der Waals surface area contributed by atoms with Gasteiger partial charge in [0.1, 0.15) is 11.9 Å². The van der Waals surface area contributed by atoms with Crippen LogP contribution in [-0.2, 0) is 4.74 Å². The van der Waals surface area contributed by atoms with Crippen LogP contribution in [0.25, 0.3) is 0 Å². The minimum Gasteiger partial charge on any atom is -0.396 e. The number of nitrogens with zero attached hydrogens (tertiary/aromatic N) is 2. The van der Waals surface area contributed by atoms with Crippen LogP contribution in [0.4, 0.5) is 11.5 Å². The van der Waals surface area contributed by atoms with E-state index in [2.05, 4.69) is 10.3 Å². The van der Waals surface area contributed by atoms with Gasteiger partial charge in [0, 0.05) is 32.6 Å². The molecule has 0 amide bonds. The van der Waals surface area contributed by atoms with Gasteiger partial charge in [-0.2, -0.15) is 5.26 Å². The largest absolute Gasteiger partial charge is 0.396 e. The number of nitrogens with two attached hydrogens (primary N) is 1. The van der Waals surface area contributed by atoms with Crippen molar-refractivity contribution in [2.24, 2.45) is 0 Å². The first-order valence-corrected chi connectivity index (χ1v) is 5.84. The summed E-state index contributed by atoms with van der Waals surface area (Å²) in [6.45, 7) is 1.52. The highest BCUT2D eigenvalue weighted by Gasteiger charge is 2.29. The van der Waals surface area contributed by atoms with Gasteiger partial charge in [0.15, 0.2) is 5.69 Å². The highest BCUT2D eigenvalue weighted by Crippen LogP contribution is 2.21. The molecule has 2 rings (SSSR count). The van der Waals surface area contributed by atoms with E-state index < -0.39 is 5.60 Å². The van der Waals surface area contributed by atoms with Gasteiger partial charge in [0.05, 0.1) is 11.3 Å². The van der Waals surface area contributed by atoms with Gasteiger partial charge in [0.2, 0.25) is 0 Å². The van der Waals surface area contributed by atoms with E-state index in [1.54, 1.807) is 12.1 Å². The smallest absolute Gasteiger partial charge is 0.165 e. The van der Waals surface area contributed by atoms with Crippen LogP contribution in [0.1, 0.15) is 18.5 Å². The van der Waals surface area contributed by atoms with Gasteiger partial charge in [0.25, 0.3) is 0 Å². The summed E-state index contributed by atoms with van der Waals surface area (Å²) in [4.78, 5) is 4.07. The van der Waals surface area contributed by atoms with Crippen molar-refractivity contribution in [3.05, 3.63) is 17.8 Å². The third-order valence-electron chi connectivity index (χ3n) is 3.05. The second-order valence-electron chi connectivity index (χ2n) is 4.44. The van der Waals surface area contributed by atoms with E-state index in [9.17, 15) is 5.11 Å². The molecule has 6 nitrogen and oxygen atoms in total. The summed E-state index contributed by atoms with van der Waals surface area (Å²) in [7, 11) is 0. The van der Waals surface area contributed by atoms with Gasteiger partial charge < -0.3 is 20.9 Å². The third-order valence-corrected chi connectivity index (χ3v) is 3.05. The standard InChI is InChI=1S/C12H16N4O2/c13-7-10-9(14)1-2-11(16-10)15-8-12(17)3-5-18-6-4-12/h1-2,17H,3-6,8,14H2,(H,15,16). The van der Waals surface area contributed by atoms with Crippen molar-refractivity contribution in [3.8, 4) is 6.07 Å². The van der Waals surface area contributed by atoms with Crippen LogP contribution in [0.3, 0.4) is 0 Å². The van der Waals surface area contributed by atoms with Crippen molar-refractivity contribution in [3.63, 3.8) is 0 Å². The molecular formula is C12H16N4O2. The number of anilines is 2. The lowest BCUT2D eigenvalue weighted by molar-refractivity contribution is -0.0543. The Hall–Kier alpha value is -1.84. The van der Waals surface area contributed by atoms with Crippen molar-refractivity contribution in [2.45, 2.75) is 18.4 Å². The van der Waals surface area contributed by atoms with Crippen molar-refractivity contribution in [1.29, 1.82) is 5.26 Å². The van der Waals surface area contributed by atoms with Crippen LogP contribution in [0.5, 0.6) is 0 Å². The van der Waals surface area contributed by atoms with Crippen molar-refractivity contribution >= 4 is 11.5 Å². The monoisotopic (exact) mass is 248 g/mol. The maximum absolute atomic E-state index is 10.3. The summed E-state index contributed by atoms with van der Waals surface area (Å²) in [6.07, 6.45) is 1.19. The Labute approximate surface area is 105 Å². The maximum atomic E-state index is 10.3. The zero-order chi connectivity index (χ0) is 13.0. The van der Waals surface area contributed by atoms with Gasteiger partial charge in [-0.1, -0.05) is 0 Å².